The van der Waals surface area contributed by atoms with Crippen molar-refractivity contribution < 1.29 is 9.53 Å². The summed E-state index contributed by atoms with van der Waals surface area (Å²) in [6, 6.07) is 16.2. The third-order valence-electron chi connectivity index (χ3n) is 3.82. The van der Waals surface area contributed by atoms with E-state index in [-0.39, 0.29) is 5.91 Å². The average Bonchev–Trinajstić information content (AvgIpc) is 2.66. The first-order valence-electron chi connectivity index (χ1n) is 8.00. The lowest BCUT2D eigenvalue weighted by Crippen LogP contribution is -2.13. The van der Waals surface area contributed by atoms with E-state index in [0.29, 0.717) is 16.4 Å². The lowest BCUT2D eigenvalue weighted by Gasteiger charge is -2.10. The van der Waals surface area contributed by atoms with Gasteiger partial charge >= 0.3 is 0 Å². The number of aromatic nitrogens is 1. The number of aryl methyl sites for hydroxylation is 1. The number of carbonyl (C=O) groups is 1. The van der Waals surface area contributed by atoms with Crippen molar-refractivity contribution in [2.24, 2.45) is 0 Å². The van der Waals surface area contributed by atoms with E-state index < -0.39 is 0 Å². The zero-order valence-electron chi connectivity index (χ0n) is 14.4. The van der Waals surface area contributed by atoms with Gasteiger partial charge in [0.05, 0.1) is 19.0 Å². The van der Waals surface area contributed by atoms with Crippen LogP contribution in [-0.4, -0.2) is 18.0 Å². The zero-order valence-corrected chi connectivity index (χ0v) is 15.2. The molecule has 0 fully saturated rings. The molecule has 1 heterocycles. The van der Waals surface area contributed by atoms with Crippen LogP contribution in [0.4, 0.5) is 17.1 Å². The Bertz CT molecular complexity index is 909. The number of hydrogen-bond donors (Lipinski definition) is 2. The van der Waals surface area contributed by atoms with Crippen LogP contribution in [0.15, 0.2) is 60.8 Å². The second kappa shape index (κ2) is 7.89. The summed E-state index contributed by atoms with van der Waals surface area (Å²) in [7, 11) is 1.60. The topological polar surface area (TPSA) is 63.2 Å². The van der Waals surface area contributed by atoms with Crippen molar-refractivity contribution in [3.63, 3.8) is 0 Å². The lowest BCUT2D eigenvalue weighted by molar-refractivity contribution is 0.102. The second-order valence-corrected chi connectivity index (χ2v) is 6.14. The van der Waals surface area contributed by atoms with Gasteiger partial charge < -0.3 is 15.4 Å². The minimum absolute atomic E-state index is 0.277. The Kier molecular flexibility index (Phi) is 5.39. The maximum Gasteiger partial charge on any atom is 0.274 e. The minimum Gasteiger partial charge on any atom is -0.497 e. The summed E-state index contributed by atoms with van der Waals surface area (Å²) in [4.78, 5) is 16.5. The van der Waals surface area contributed by atoms with Gasteiger partial charge in [-0.25, -0.2) is 4.98 Å². The number of methoxy groups -OCH3 is 1. The first kappa shape index (κ1) is 17.8. The van der Waals surface area contributed by atoms with Gasteiger partial charge in [0.1, 0.15) is 11.4 Å². The van der Waals surface area contributed by atoms with E-state index in [2.05, 4.69) is 15.6 Å². The third-order valence-corrected chi connectivity index (χ3v) is 4.06. The maximum absolute atomic E-state index is 12.3. The van der Waals surface area contributed by atoms with Crippen molar-refractivity contribution in [3.8, 4) is 5.75 Å². The van der Waals surface area contributed by atoms with Crippen LogP contribution < -0.4 is 15.4 Å². The number of nitrogens with one attached hydrogen (secondary N) is 2. The van der Waals surface area contributed by atoms with Crippen molar-refractivity contribution in [2.45, 2.75) is 6.92 Å². The largest absolute Gasteiger partial charge is 0.497 e. The maximum atomic E-state index is 12.3. The van der Waals surface area contributed by atoms with Gasteiger partial charge in [-0.2, -0.15) is 0 Å². The van der Waals surface area contributed by atoms with Gasteiger partial charge in [-0.3, -0.25) is 4.79 Å². The lowest BCUT2D eigenvalue weighted by atomic mass is 10.2. The highest BCUT2D eigenvalue weighted by molar-refractivity contribution is 6.30. The summed E-state index contributed by atoms with van der Waals surface area (Å²) in [6.07, 6.45) is 1.61. The van der Waals surface area contributed by atoms with Gasteiger partial charge in [0, 0.05) is 16.4 Å². The van der Waals surface area contributed by atoms with Gasteiger partial charge in [0.15, 0.2) is 0 Å². The molecule has 1 amide bonds. The predicted molar refractivity (Wildman–Crippen MR) is 105 cm³/mol. The smallest absolute Gasteiger partial charge is 0.274 e. The number of amides is 1. The summed E-state index contributed by atoms with van der Waals surface area (Å²) in [5, 5.41) is 6.70. The van der Waals surface area contributed by atoms with Gasteiger partial charge in [0.2, 0.25) is 0 Å². The van der Waals surface area contributed by atoms with E-state index in [1.807, 2.05) is 25.1 Å². The molecule has 0 saturated heterocycles. The van der Waals surface area contributed by atoms with Crippen molar-refractivity contribution >= 4 is 34.6 Å². The Morgan fingerprint density at radius 2 is 1.77 bits per heavy atom. The van der Waals surface area contributed by atoms with Crippen LogP contribution in [0.3, 0.4) is 0 Å². The summed E-state index contributed by atoms with van der Waals surface area (Å²) < 4.78 is 5.10. The fourth-order valence-corrected chi connectivity index (χ4v) is 2.53. The van der Waals surface area contributed by atoms with Crippen LogP contribution in [-0.2, 0) is 0 Å². The van der Waals surface area contributed by atoms with Gasteiger partial charge in [-0.05, 0) is 61.0 Å². The van der Waals surface area contributed by atoms with Crippen molar-refractivity contribution in [2.75, 3.05) is 17.7 Å². The number of pyridine rings is 1. The SMILES string of the molecule is COc1ccc(NC(=O)c2ccc(Nc3cc(Cl)ccc3C)cn2)cc1. The van der Waals surface area contributed by atoms with Gasteiger partial charge in [-0.1, -0.05) is 17.7 Å². The Labute approximate surface area is 157 Å². The number of hydrogen-bond acceptors (Lipinski definition) is 4. The van der Waals surface area contributed by atoms with Crippen LogP contribution in [0.2, 0.25) is 5.02 Å². The molecular weight excluding hydrogens is 350 g/mol. The second-order valence-electron chi connectivity index (χ2n) is 5.70. The van der Waals surface area contributed by atoms with Gasteiger partial charge in [-0.15, -0.1) is 0 Å². The Balaban J connectivity index is 1.68. The van der Waals surface area contributed by atoms with Crippen LogP contribution in [0.25, 0.3) is 0 Å². The molecule has 0 aliphatic heterocycles. The number of carbonyl (C=O) groups excluding carboxylic acids is 1. The highest BCUT2D eigenvalue weighted by atomic mass is 35.5. The standard InChI is InChI=1S/C20H18ClN3O2/c1-13-3-4-14(21)11-19(13)23-16-7-10-18(22-12-16)20(25)24-15-5-8-17(26-2)9-6-15/h3-12,23H,1-2H3,(H,24,25). The summed E-state index contributed by atoms with van der Waals surface area (Å²) >= 11 is 6.03. The molecule has 0 atom stereocenters. The Hall–Kier alpha value is -3.05. The minimum atomic E-state index is -0.277. The Morgan fingerprint density at radius 3 is 2.42 bits per heavy atom. The molecule has 26 heavy (non-hydrogen) atoms. The van der Waals surface area contributed by atoms with E-state index in [1.165, 1.54) is 0 Å². The fourth-order valence-electron chi connectivity index (χ4n) is 2.36. The van der Waals surface area contributed by atoms with Gasteiger partial charge in [0.25, 0.3) is 5.91 Å². The molecule has 0 aliphatic rings. The predicted octanol–water partition coefficient (Wildman–Crippen LogP) is 5.05. The number of halogens is 1. The first-order valence-corrected chi connectivity index (χ1v) is 8.37. The number of benzene rings is 2. The summed E-state index contributed by atoms with van der Waals surface area (Å²) in [5.41, 5.74) is 3.74. The summed E-state index contributed by atoms with van der Waals surface area (Å²) in [5.74, 6) is 0.452. The number of ether oxygens (including phenoxy) is 1. The highest BCUT2D eigenvalue weighted by Crippen LogP contribution is 2.24. The molecule has 5 nitrogen and oxygen atoms in total. The van der Waals surface area contributed by atoms with Crippen molar-refractivity contribution in [3.05, 3.63) is 77.1 Å². The average molecular weight is 368 g/mol. The Morgan fingerprint density at radius 1 is 1.04 bits per heavy atom. The molecule has 2 aromatic carbocycles. The highest BCUT2D eigenvalue weighted by Gasteiger charge is 2.08. The number of anilines is 3. The molecule has 132 valence electrons. The molecule has 3 aromatic rings. The molecule has 0 bridgehead atoms. The summed E-state index contributed by atoms with van der Waals surface area (Å²) in [6.45, 7) is 1.99. The van der Waals surface area contributed by atoms with Crippen LogP contribution in [0.5, 0.6) is 5.75 Å². The molecule has 0 aliphatic carbocycles. The molecule has 0 unspecified atom stereocenters. The van der Waals surface area contributed by atoms with Crippen molar-refractivity contribution in [1.82, 2.24) is 4.98 Å². The molecule has 2 N–H and O–H groups in total. The first-order chi connectivity index (χ1) is 12.5. The zero-order chi connectivity index (χ0) is 18.5. The van der Waals surface area contributed by atoms with E-state index >= 15 is 0 Å². The molecular formula is C20H18ClN3O2. The molecule has 0 saturated carbocycles. The normalized spacial score (nSPS) is 10.3. The molecule has 6 heteroatoms. The molecule has 1 aromatic heterocycles. The van der Waals surface area contributed by atoms with E-state index in [9.17, 15) is 4.79 Å². The number of rotatable bonds is 5. The van der Waals surface area contributed by atoms with Crippen molar-refractivity contribution in [1.29, 1.82) is 0 Å². The molecule has 0 radical (unpaired) electrons. The van der Waals surface area contributed by atoms with Crippen LogP contribution >= 0.6 is 11.6 Å². The van der Waals surface area contributed by atoms with E-state index in [0.717, 1.165) is 22.7 Å². The fraction of sp³-hybridized carbons (Fsp3) is 0.100. The quantitative estimate of drug-likeness (QED) is 0.662. The van der Waals surface area contributed by atoms with E-state index in [1.54, 1.807) is 49.7 Å². The molecule has 3 rings (SSSR count). The number of nitrogens with zero attached hydrogens (tertiary/aromatic N) is 1. The third kappa shape index (κ3) is 4.32. The molecule has 0 spiro atoms. The monoisotopic (exact) mass is 367 g/mol. The van der Waals surface area contributed by atoms with Crippen LogP contribution in [0.1, 0.15) is 16.1 Å². The van der Waals surface area contributed by atoms with E-state index in [4.69, 9.17) is 16.3 Å². The van der Waals surface area contributed by atoms with Crippen LogP contribution in [0, 0.1) is 6.92 Å².